The number of amides is 1. The molecule has 0 saturated carbocycles. The van der Waals surface area contributed by atoms with E-state index in [1.54, 1.807) is 0 Å². The van der Waals surface area contributed by atoms with Crippen LogP contribution in [0.25, 0.3) is 0 Å². The van der Waals surface area contributed by atoms with Crippen molar-refractivity contribution in [3.63, 3.8) is 0 Å². The Morgan fingerprint density at radius 1 is 1.22 bits per heavy atom. The SMILES string of the molecule is C#CCOC(=O)O[C@@H]1[C@@H](NC(=O)OCC(Cl)(Cl)Cl)[C@@H](OCC=C)O[C@@H]2CO[C@@H](c3ccccc3)O[C@@H]12. The largest absolute Gasteiger partial charge is 0.509 e. The predicted octanol–water partition coefficient (Wildman–Crippen LogP) is 3.65. The zero-order chi connectivity index (χ0) is 26.1. The van der Waals surface area contributed by atoms with E-state index >= 15 is 0 Å². The summed E-state index contributed by atoms with van der Waals surface area (Å²) in [4.78, 5) is 24.9. The maximum atomic E-state index is 12.5. The third kappa shape index (κ3) is 8.15. The molecule has 196 valence electrons. The molecule has 0 radical (unpaired) electrons. The first-order valence-electron chi connectivity index (χ1n) is 10.7. The molecule has 0 aromatic heterocycles. The van der Waals surface area contributed by atoms with Gasteiger partial charge in [0.2, 0.25) is 3.79 Å². The molecule has 13 heteroatoms. The number of hydrogen-bond donors (Lipinski definition) is 1. The summed E-state index contributed by atoms with van der Waals surface area (Å²) in [5.41, 5.74) is 0.723. The molecule has 2 aliphatic rings. The van der Waals surface area contributed by atoms with Crippen LogP contribution in [0, 0.1) is 12.3 Å². The van der Waals surface area contributed by atoms with Crippen molar-refractivity contribution in [2.45, 2.75) is 40.7 Å². The van der Waals surface area contributed by atoms with Gasteiger partial charge in [-0.1, -0.05) is 77.1 Å². The van der Waals surface area contributed by atoms with Crippen molar-refractivity contribution in [1.29, 1.82) is 0 Å². The number of carbonyl (C=O) groups excluding carboxylic acids is 2. The minimum Gasteiger partial charge on any atom is -0.445 e. The second-order valence-electron chi connectivity index (χ2n) is 7.53. The number of carbonyl (C=O) groups is 2. The van der Waals surface area contributed by atoms with Gasteiger partial charge >= 0.3 is 12.2 Å². The Morgan fingerprint density at radius 3 is 2.64 bits per heavy atom. The van der Waals surface area contributed by atoms with Crippen molar-refractivity contribution in [3.8, 4) is 12.3 Å². The highest BCUT2D eigenvalue weighted by molar-refractivity contribution is 6.67. The molecule has 10 nitrogen and oxygen atoms in total. The van der Waals surface area contributed by atoms with Crippen molar-refractivity contribution in [3.05, 3.63) is 48.6 Å². The second-order valence-corrected chi connectivity index (χ2v) is 10.0. The lowest BCUT2D eigenvalue weighted by Crippen LogP contribution is -2.67. The number of hydrogen-bond acceptors (Lipinski definition) is 9. The Bertz CT molecular complexity index is 937. The topological polar surface area (TPSA) is 111 Å². The summed E-state index contributed by atoms with van der Waals surface area (Å²) in [6.45, 7) is 2.85. The first-order chi connectivity index (χ1) is 17.2. The highest BCUT2D eigenvalue weighted by Gasteiger charge is 2.53. The summed E-state index contributed by atoms with van der Waals surface area (Å²) >= 11 is 17.0. The standard InChI is InChI=1S/C23H24Cl3NO9/c1-3-10-30-20-16(27-21(28)33-13-23(24,25)26)18(36-22(29)31-11-4-2)17-15(34-20)12-32-19(35-17)14-8-6-5-7-9-14/h2-3,5-9,15-20H,1,10-13H2,(H,27,28)/t15-,16-,17-,18-,19-,20+/m1/s1. The maximum absolute atomic E-state index is 12.5. The van der Waals surface area contributed by atoms with Crippen LogP contribution in [-0.4, -0.2) is 73.1 Å². The first kappa shape index (κ1) is 28.3. The van der Waals surface area contributed by atoms with Crippen molar-refractivity contribution in [2.24, 2.45) is 0 Å². The third-order valence-electron chi connectivity index (χ3n) is 4.95. The second kappa shape index (κ2) is 13.4. The molecule has 0 aliphatic carbocycles. The van der Waals surface area contributed by atoms with Crippen LogP contribution in [0.15, 0.2) is 43.0 Å². The number of ether oxygens (including phenoxy) is 7. The quantitative estimate of drug-likeness (QED) is 0.219. The van der Waals surface area contributed by atoms with Gasteiger partial charge in [0.25, 0.3) is 0 Å². The van der Waals surface area contributed by atoms with Crippen LogP contribution < -0.4 is 5.32 Å². The number of nitrogens with one attached hydrogen (secondary N) is 1. The monoisotopic (exact) mass is 563 g/mol. The van der Waals surface area contributed by atoms with E-state index in [2.05, 4.69) is 17.8 Å². The Balaban J connectivity index is 1.87. The van der Waals surface area contributed by atoms with Crippen LogP contribution in [0.2, 0.25) is 0 Å². The molecule has 1 aromatic carbocycles. The van der Waals surface area contributed by atoms with Crippen LogP contribution in [0.4, 0.5) is 9.59 Å². The molecule has 2 fully saturated rings. The summed E-state index contributed by atoms with van der Waals surface area (Å²) in [6.07, 6.45) is -0.201. The molecule has 1 amide bonds. The molecular formula is C23H24Cl3NO9. The number of alkyl carbamates (subject to hydrolysis) is 1. The lowest BCUT2D eigenvalue weighted by molar-refractivity contribution is -0.343. The molecule has 6 atom stereocenters. The minimum atomic E-state index is -1.84. The first-order valence-corrected chi connectivity index (χ1v) is 11.8. The van der Waals surface area contributed by atoms with E-state index in [0.29, 0.717) is 0 Å². The van der Waals surface area contributed by atoms with Crippen LogP contribution in [0.5, 0.6) is 0 Å². The van der Waals surface area contributed by atoms with Gasteiger partial charge in [0.15, 0.2) is 25.3 Å². The Kier molecular flexibility index (Phi) is 10.5. The molecule has 1 aromatic rings. The van der Waals surface area contributed by atoms with Crippen LogP contribution in [-0.2, 0) is 33.2 Å². The van der Waals surface area contributed by atoms with Crippen LogP contribution >= 0.6 is 34.8 Å². The van der Waals surface area contributed by atoms with Gasteiger partial charge in [0.05, 0.1) is 13.2 Å². The Labute approximate surface area is 223 Å². The van der Waals surface area contributed by atoms with Gasteiger partial charge < -0.3 is 38.5 Å². The number of fused-ring (bicyclic) bond motifs is 1. The van der Waals surface area contributed by atoms with Crippen molar-refractivity contribution in [1.82, 2.24) is 5.32 Å². The van der Waals surface area contributed by atoms with E-state index in [4.69, 9.17) is 74.4 Å². The predicted molar refractivity (Wildman–Crippen MR) is 128 cm³/mol. The van der Waals surface area contributed by atoms with Gasteiger partial charge in [-0.25, -0.2) is 9.59 Å². The van der Waals surface area contributed by atoms with Crippen molar-refractivity contribution < 1.29 is 42.7 Å². The third-order valence-corrected chi connectivity index (χ3v) is 5.27. The van der Waals surface area contributed by atoms with E-state index in [9.17, 15) is 9.59 Å². The van der Waals surface area contributed by atoms with E-state index in [-0.39, 0.29) is 19.8 Å². The van der Waals surface area contributed by atoms with Crippen LogP contribution in [0.1, 0.15) is 11.9 Å². The van der Waals surface area contributed by atoms with Crippen molar-refractivity contribution >= 4 is 47.1 Å². The molecule has 0 spiro atoms. The lowest BCUT2D eigenvalue weighted by Gasteiger charge is -2.48. The number of benzene rings is 1. The molecule has 2 saturated heterocycles. The average Bonchev–Trinajstić information content (AvgIpc) is 2.86. The summed E-state index contributed by atoms with van der Waals surface area (Å²) in [6, 6.07) is 7.97. The highest BCUT2D eigenvalue weighted by atomic mass is 35.6. The molecular weight excluding hydrogens is 541 g/mol. The molecule has 2 aliphatic heterocycles. The minimum absolute atomic E-state index is 0.0477. The highest BCUT2D eigenvalue weighted by Crippen LogP contribution is 2.36. The van der Waals surface area contributed by atoms with E-state index < -0.39 is 59.6 Å². The van der Waals surface area contributed by atoms with Crippen LogP contribution in [0.3, 0.4) is 0 Å². The fourth-order valence-corrected chi connectivity index (χ4v) is 3.68. The molecule has 36 heavy (non-hydrogen) atoms. The normalized spacial score (nSPS) is 27.6. The number of rotatable bonds is 8. The van der Waals surface area contributed by atoms with Crippen molar-refractivity contribution in [2.75, 3.05) is 26.4 Å². The molecule has 0 bridgehead atoms. The molecule has 2 heterocycles. The molecule has 3 rings (SSSR count). The van der Waals surface area contributed by atoms with Gasteiger partial charge in [-0.3, -0.25) is 0 Å². The van der Waals surface area contributed by atoms with Gasteiger partial charge in [0, 0.05) is 5.56 Å². The van der Waals surface area contributed by atoms with E-state index in [1.807, 2.05) is 30.3 Å². The van der Waals surface area contributed by atoms with Gasteiger partial charge in [-0.2, -0.15) is 0 Å². The summed E-state index contributed by atoms with van der Waals surface area (Å²) in [5.74, 6) is 2.17. The van der Waals surface area contributed by atoms with E-state index in [0.717, 1.165) is 5.56 Å². The molecule has 0 unspecified atom stereocenters. The van der Waals surface area contributed by atoms with E-state index in [1.165, 1.54) is 6.08 Å². The molecule has 1 N–H and O–H groups in total. The lowest BCUT2D eigenvalue weighted by atomic mass is 9.95. The summed E-state index contributed by atoms with van der Waals surface area (Å²) < 4.78 is 37.2. The Morgan fingerprint density at radius 2 is 1.97 bits per heavy atom. The zero-order valence-corrected chi connectivity index (χ0v) is 21.1. The number of halogens is 3. The smallest absolute Gasteiger partial charge is 0.445 e. The average molecular weight is 565 g/mol. The summed E-state index contributed by atoms with van der Waals surface area (Å²) in [7, 11) is 0. The Hall–Kier alpha value is -2.23. The van der Waals surface area contributed by atoms with Gasteiger partial charge in [-0.05, 0) is 0 Å². The van der Waals surface area contributed by atoms with Gasteiger partial charge in [-0.15, -0.1) is 13.0 Å². The fraction of sp³-hybridized carbons (Fsp3) is 0.478. The van der Waals surface area contributed by atoms with Gasteiger partial charge in [0.1, 0.15) is 24.9 Å². The maximum Gasteiger partial charge on any atom is 0.509 e. The zero-order valence-electron chi connectivity index (χ0n) is 18.8. The fourth-order valence-electron chi connectivity index (χ4n) is 3.52. The number of terminal acetylenes is 1. The number of alkyl halides is 3. The summed E-state index contributed by atoms with van der Waals surface area (Å²) in [5, 5.41) is 2.53.